The third-order valence-electron chi connectivity index (χ3n) is 2.52. The summed E-state index contributed by atoms with van der Waals surface area (Å²) >= 11 is 0. The van der Waals surface area contributed by atoms with Gasteiger partial charge >= 0.3 is 0 Å². The summed E-state index contributed by atoms with van der Waals surface area (Å²) in [6, 6.07) is 1.78. The lowest BCUT2D eigenvalue weighted by atomic mass is 10.1. The molecule has 1 aromatic rings. The van der Waals surface area contributed by atoms with Crippen LogP contribution in [0, 0.1) is 5.92 Å². The van der Waals surface area contributed by atoms with Crippen LogP contribution in [-0.4, -0.2) is 16.3 Å². The normalized spacial score (nSPS) is 12.4. The van der Waals surface area contributed by atoms with E-state index in [1.807, 2.05) is 17.7 Å². The number of primary amides is 1. The van der Waals surface area contributed by atoms with Crippen molar-refractivity contribution in [3.05, 3.63) is 24.0 Å². The van der Waals surface area contributed by atoms with Crippen LogP contribution in [0.3, 0.4) is 0 Å². The van der Waals surface area contributed by atoms with Crippen LogP contribution < -0.4 is 5.73 Å². The van der Waals surface area contributed by atoms with Gasteiger partial charge in [-0.3, -0.25) is 9.59 Å². The van der Waals surface area contributed by atoms with Crippen molar-refractivity contribution < 1.29 is 9.59 Å². The smallest absolute Gasteiger partial charge is 0.222 e. The first-order chi connectivity index (χ1) is 7.54. The summed E-state index contributed by atoms with van der Waals surface area (Å²) in [7, 11) is 0. The average Bonchev–Trinajstić information content (AvgIpc) is 2.66. The van der Waals surface area contributed by atoms with Gasteiger partial charge in [-0.15, -0.1) is 0 Å². The lowest BCUT2D eigenvalue weighted by molar-refractivity contribution is -0.121. The molecule has 0 spiro atoms. The van der Waals surface area contributed by atoms with Gasteiger partial charge < -0.3 is 10.3 Å². The maximum absolute atomic E-state index is 11.6. The molecule has 0 saturated heterocycles. The number of rotatable bonds is 6. The molecule has 2 N–H and O–H groups in total. The van der Waals surface area contributed by atoms with Crippen LogP contribution in [0.15, 0.2) is 18.5 Å². The van der Waals surface area contributed by atoms with Crippen molar-refractivity contribution in [3.8, 4) is 0 Å². The van der Waals surface area contributed by atoms with Crippen LogP contribution in [0.4, 0.5) is 0 Å². The molecule has 0 aromatic carbocycles. The molecule has 0 saturated carbocycles. The van der Waals surface area contributed by atoms with Crippen LogP contribution in [0.2, 0.25) is 0 Å². The van der Waals surface area contributed by atoms with Crippen molar-refractivity contribution in [1.82, 2.24) is 4.57 Å². The van der Waals surface area contributed by atoms with Gasteiger partial charge in [0.05, 0.1) is 5.92 Å². The molecule has 1 rings (SSSR count). The van der Waals surface area contributed by atoms with Crippen LogP contribution >= 0.6 is 0 Å². The van der Waals surface area contributed by atoms with Crippen molar-refractivity contribution in [3.63, 3.8) is 0 Å². The fourth-order valence-corrected chi connectivity index (χ4v) is 1.50. The Morgan fingerprint density at radius 1 is 1.50 bits per heavy atom. The first-order valence-electron chi connectivity index (χ1n) is 5.53. The molecule has 1 heterocycles. The minimum absolute atomic E-state index is 0.146. The second-order valence-electron chi connectivity index (χ2n) is 4.07. The summed E-state index contributed by atoms with van der Waals surface area (Å²) in [4.78, 5) is 22.5. The van der Waals surface area contributed by atoms with Gasteiger partial charge in [-0.2, -0.15) is 0 Å². The van der Waals surface area contributed by atoms with E-state index in [9.17, 15) is 9.59 Å². The number of amides is 1. The molecule has 1 aromatic heterocycles. The highest BCUT2D eigenvalue weighted by atomic mass is 16.1. The van der Waals surface area contributed by atoms with E-state index in [0.29, 0.717) is 18.5 Å². The van der Waals surface area contributed by atoms with Gasteiger partial charge in [0.15, 0.2) is 5.78 Å². The van der Waals surface area contributed by atoms with E-state index < -0.39 is 0 Å². The molecule has 0 aliphatic carbocycles. The highest BCUT2D eigenvalue weighted by Crippen LogP contribution is 2.08. The van der Waals surface area contributed by atoms with Gasteiger partial charge in [0.2, 0.25) is 5.91 Å². The Bertz CT molecular complexity index is 382. The van der Waals surface area contributed by atoms with Crippen molar-refractivity contribution >= 4 is 11.7 Å². The Labute approximate surface area is 95.4 Å². The first kappa shape index (κ1) is 12.5. The lowest BCUT2D eigenvalue weighted by Crippen LogP contribution is -2.24. The summed E-state index contributed by atoms with van der Waals surface area (Å²) < 4.78 is 1.83. The van der Waals surface area contributed by atoms with Crippen LogP contribution in [-0.2, 0) is 11.3 Å². The number of Topliss-reactive ketones (excluding diaryl/α,β-unsaturated/α-hetero) is 1. The summed E-state index contributed by atoms with van der Waals surface area (Å²) in [6.07, 6.45) is 5.00. The van der Waals surface area contributed by atoms with Crippen molar-refractivity contribution in [1.29, 1.82) is 0 Å². The summed E-state index contributed by atoms with van der Waals surface area (Å²) in [5, 5.41) is 0. The standard InChI is InChI=1S/C12H18N2O2/c1-3-4-11(15)10-5-6-14(8-10)7-9(2)12(13)16/h5-6,8-9H,3-4,7H2,1-2H3,(H2,13,16). The van der Waals surface area contributed by atoms with E-state index in [-0.39, 0.29) is 17.6 Å². The number of aromatic nitrogens is 1. The van der Waals surface area contributed by atoms with E-state index >= 15 is 0 Å². The predicted octanol–water partition coefficient (Wildman–Crippen LogP) is 1.59. The van der Waals surface area contributed by atoms with Gasteiger partial charge in [0.25, 0.3) is 0 Å². The Morgan fingerprint density at radius 3 is 2.75 bits per heavy atom. The molecule has 0 radical (unpaired) electrons. The van der Waals surface area contributed by atoms with Crippen molar-refractivity contribution in [2.75, 3.05) is 0 Å². The van der Waals surface area contributed by atoms with E-state index in [0.717, 1.165) is 6.42 Å². The van der Waals surface area contributed by atoms with Gasteiger partial charge in [-0.1, -0.05) is 13.8 Å². The highest BCUT2D eigenvalue weighted by Gasteiger charge is 2.11. The quantitative estimate of drug-likeness (QED) is 0.743. The fraction of sp³-hybridized carbons (Fsp3) is 0.500. The monoisotopic (exact) mass is 222 g/mol. The molecule has 4 heteroatoms. The zero-order chi connectivity index (χ0) is 12.1. The Kier molecular flexibility index (Phi) is 4.28. The van der Waals surface area contributed by atoms with Crippen LogP contribution in [0.25, 0.3) is 0 Å². The molecular formula is C12H18N2O2. The second-order valence-corrected chi connectivity index (χ2v) is 4.07. The molecule has 1 atom stereocenters. The van der Waals surface area contributed by atoms with Gasteiger partial charge in [0.1, 0.15) is 0 Å². The molecule has 0 bridgehead atoms. The first-order valence-corrected chi connectivity index (χ1v) is 5.53. The number of hydrogen-bond donors (Lipinski definition) is 1. The minimum Gasteiger partial charge on any atom is -0.369 e. The third-order valence-corrected chi connectivity index (χ3v) is 2.52. The molecule has 88 valence electrons. The summed E-state index contributed by atoms with van der Waals surface area (Å²) in [5.41, 5.74) is 5.89. The lowest BCUT2D eigenvalue weighted by Gasteiger charge is -2.07. The molecular weight excluding hydrogens is 204 g/mol. The topological polar surface area (TPSA) is 65.1 Å². The Morgan fingerprint density at radius 2 is 2.19 bits per heavy atom. The van der Waals surface area contributed by atoms with E-state index in [4.69, 9.17) is 5.73 Å². The van der Waals surface area contributed by atoms with Gasteiger partial charge in [0, 0.05) is 30.9 Å². The molecule has 1 amide bonds. The van der Waals surface area contributed by atoms with Crippen molar-refractivity contribution in [2.45, 2.75) is 33.2 Å². The average molecular weight is 222 g/mol. The highest BCUT2D eigenvalue weighted by molar-refractivity contribution is 5.95. The molecule has 0 fully saturated rings. The van der Waals surface area contributed by atoms with E-state index in [1.165, 1.54) is 0 Å². The number of hydrogen-bond acceptors (Lipinski definition) is 2. The van der Waals surface area contributed by atoms with E-state index in [1.54, 1.807) is 19.2 Å². The Hall–Kier alpha value is -1.58. The zero-order valence-electron chi connectivity index (χ0n) is 9.77. The minimum atomic E-state index is -0.324. The number of carbonyl (C=O) groups excluding carboxylic acids is 2. The molecule has 16 heavy (non-hydrogen) atoms. The predicted molar refractivity (Wildman–Crippen MR) is 62.0 cm³/mol. The SMILES string of the molecule is CCCC(=O)c1ccn(CC(C)C(N)=O)c1. The summed E-state index contributed by atoms with van der Waals surface area (Å²) in [6.45, 7) is 4.27. The maximum atomic E-state index is 11.6. The van der Waals surface area contributed by atoms with Crippen molar-refractivity contribution in [2.24, 2.45) is 11.7 Å². The molecule has 0 aliphatic rings. The zero-order valence-corrected chi connectivity index (χ0v) is 9.77. The fourth-order valence-electron chi connectivity index (χ4n) is 1.50. The van der Waals surface area contributed by atoms with E-state index in [2.05, 4.69) is 0 Å². The maximum Gasteiger partial charge on any atom is 0.222 e. The molecule has 0 aliphatic heterocycles. The number of nitrogens with zero attached hydrogens (tertiary/aromatic N) is 1. The van der Waals surface area contributed by atoms with Gasteiger partial charge in [-0.05, 0) is 12.5 Å². The third kappa shape index (κ3) is 3.22. The van der Waals surface area contributed by atoms with Crippen LogP contribution in [0.1, 0.15) is 37.0 Å². The summed E-state index contributed by atoms with van der Waals surface area (Å²) in [5.74, 6) is -0.398. The Balaban J connectivity index is 2.64. The number of ketones is 1. The number of carbonyl (C=O) groups is 2. The second kappa shape index (κ2) is 5.49. The molecule has 4 nitrogen and oxygen atoms in total. The van der Waals surface area contributed by atoms with Crippen LogP contribution in [0.5, 0.6) is 0 Å². The largest absolute Gasteiger partial charge is 0.369 e. The van der Waals surface area contributed by atoms with Gasteiger partial charge in [-0.25, -0.2) is 0 Å². The molecule has 1 unspecified atom stereocenters. The number of nitrogens with two attached hydrogens (primary N) is 1.